The number of methoxy groups -OCH3 is 3. The van der Waals surface area contributed by atoms with Crippen molar-refractivity contribution >= 4 is 17.1 Å². The molecule has 4 aromatic rings. The standard InChI is InChI=1S/C31H35N3O5/c1-18(2)23-16-24(20(5)13-26(23)36-6)30-33-25-12-10-9-11-22(25)31(35)34(30)32-17-21-14-27(37-7)29(39-19(3)4)28(15-21)38-8/h9-19H,1-8H3. The molecule has 0 aliphatic rings. The highest BCUT2D eigenvalue weighted by atomic mass is 16.5. The number of aromatic nitrogens is 2. The van der Waals surface area contributed by atoms with Crippen LogP contribution in [0.1, 0.15) is 50.3 Å². The van der Waals surface area contributed by atoms with Crippen molar-refractivity contribution in [1.82, 2.24) is 9.66 Å². The Morgan fingerprint density at radius 1 is 0.897 bits per heavy atom. The first-order valence-electron chi connectivity index (χ1n) is 12.9. The van der Waals surface area contributed by atoms with E-state index in [0.29, 0.717) is 39.5 Å². The zero-order chi connectivity index (χ0) is 28.3. The Hall–Kier alpha value is -4.33. The molecule has 3 aromatic carbocycles. The van der Waals surface area contributed by atoms with E-state index >= 15 is 0 Å². The fraction of sp³-hybridized carbons (Fsp3) is 0.323. The van der Waals surface area contributed by atoms with Gasteiger partial charge in [0.15, 0.2) is 17.3 Å². The molecule has 0 saturated carbocycles. The van der Waals surface area contributed by atoms with Gasteiger partial charge in [0, 0.05) is 11.1 Å². The normalized spacial score (nSPS) is 11.5. The van der Waals surface area contributed by atoms with Crippen LogP contribution in [-0.2, 0) is 0 Å². The van der Waals surface area contributed by atoms with Crippen molar-refractivity contribution in [3.05, 3.63) is 75.6 Å². The van der Waals surface area contributed by atoms with E-state index in [0.717, 1.165) is 22.4 Å². The minimum Gasteiger partial charge on any atom is -0.496 e. The predicted octanol–water partition coefficient (Wildman–Crippen LogP) is 6.19. The highest BCUT2D eigenvalue weighted by Gasteiger charge is 2.19. The van der Waals surface area contributed by atoms with Crippen LogP contribution < -0.4 is 24.5 Å². The summed E-state index contributed by atoms with van der Waals surface area (Å²) in [6, 6.07) is 14.9. The molecule has 0 radical (unpaired) electrons. The van der Waals surface area contributed by atoms with Crippen molar-refractivity contribution in [1.29, 1.82) is 0 Å². The minimum absolute atomic E-state index is 0.0689. The van der Waals surface area contributed by atoms with Gasteiger partial charge in [-0.2, -0.15) is 9.78 Å². The van der Waals surface area contributed by atoms with Gasteiger partial charge in [0.1, 0.15) is 5.75 Å². The van der Waals surface area contributed by atoms with E-state index in [1.165, 1.54) is 4.68 Å². The number of hydrogen-bond donors (Lipinski definition) is 0. The van der Waals surface area contributed by atoms with Crippen LogP contribution in [0.3, 0.4) is 0 Å². The molecule has 0 aliphatic carbocycles. The van der Waals surface area contributed by atoms with Crippen molar-refractivity contribution in [2.45, 2.75) is 46.6 Å². The lowest BCUT2D eigenvalue weighted by Gasteiger charge is -2.18. The first-order valence-corrected chi connectivity index (χ1v) is 12.9. The van der Waals surface area contributed by atoms with E-state index in [-0.39, 0.29) is 17.6 Å². The van der Waals surface area contributed by atoms with Crippen LogP contribution in [0.4, 0.5) is 0 Å². The molecule has 0 bridgehead atoms. The number of aryl methyl sites for hydroxylation is 1. The molecule has 0 N–H and O–H groups in total. The number of benzene rings is 3. The molecule has 8 nitrogen and oxygen atoms in total. The zero-order valence-electron chi connectivity index (χ0n) is 23.7. The van der Waals surface area contributed by atoms with Gasteiger partial charge < -0.3 is 18.9 Å². The van der Waals surface area contributed by atoms with Crippen molar-refractivity contribution in [3.8, 4) is 34.4 Å². The summed E-state index contributed by atoms with van der Waals surface area (Å²) < 4.78 is 24.0. The maximum Gasteiger partial charge on any atom is 0.282 e. The molecule has 1 heterocycles. The quantitative estimate of drug-likeness (QED) is 0.240. The van der Waals surface area contributed by atoms with Crippen LogP contribution >= 0.6 is 0 Å². The summed E-state index contributed by atoms with van der Waals surface area (Å²) in [5.41, 5.74) is 3.73. The summed E-state index contributed by atoms with van der Waals surface area (Å²) in [4.78, 5) is 18.6. The van der Waals surface area contributed by atoms with Crippen molar-refractivity contribution in [3.63, 3.8) is 0 Å². The first-order chi connectivity index (χ1) is 18.7. The van der Waals surface area contributed by atoms with Gasteiger partial charge in [0.25, 0.3) is 5.56 Å². The van der Waals surface area contributed by atoms with E-state index in [4.69, 9.17) is 23.9 Å². The van der Waals surface area contributed by atoms with Crippen LogP contribution in [0.25, 0.3) is 22.3 Å². The van der Waals surface area contributed by atoms with Crippen molar-refractivity contribution in [2.75, 3.05) is 21.3 Å². The summed E-state index contributed by atoms with van der Waals surface area (Å²) >= 11 is 0. The topological polar surface area (TPSA) is 84.2 Å². The molecule has 204 valence electrons. The summed E-state index contributed by atoms with van der Waals surface area (Å²) in [5, 5.41) is 5.11. The minimum atomic E-state index is -0.271. The lowest BCUT2D eigenvalue weighted by molar-refractivity contribution is 0.218. The first kappa shape index (κ1) is 27.7. The van der Waals surface area contributed by atoms with Crippen LogP contribution in [0, 0.1) is 6.92 Å². The van der Waals surface area contributed by atoms with Gasteiger partial charge in [-0.15, -0.1) is 0 Å². The van der Waals surface area contributed by atoms with E-state index in [1.54, 1.807) is 45.7 Å². The fourth-order valence-electron chi connectivity index (χ4n) is 4.42. The molecular weight excluding hydrogens is 494 g/mol. The van der Waals surface area contributed by atoms with E-state index in [2.05, 4.69) is 18.9 Å². The highest BCUT2D eigenvalue weighted by Crippen LogP contribution is 2.39. The maximum absolute atomic E-state index is 13.7. The van der Waals surface area contributed by atoms with Gasteiger partial charge in [0.2, 0.25) is 5.75 Å². The average molecular weight is 530 g/mol. The van der Waals surface area contributed by atoms with Crippen LogP contribution in [0.2, 0.25) is 0 Å². The van der Waals surface area contributed by atoms with Crippen molar-refractivity contribution < 1.29 is 18.9 Å². The monoisotopic (exact) mass is 529 g/mol. The third-order valence-corrected chi connectivity index (χ3v) is 6.35. The van der Waals surface area contributed by atoms with Gasteiger partial charge in [-0.05, 0) is 74.2 Å². The summed E-state index contributed by atoms with van der Waals surface area (Å²) in [7, 11) is 4.80. The summed E-state index contributed by atoms with van der Waals surface area (Å²) in [6.07, 6.45) is 1.52. The molecule has 8 heteroatoms. The lowest BCUT2D eigenvalue weighted by atomic mass is 9.96. The number of nitrogens with zero attached hydrogens (tertiary/aromatic N) is 3. The average Bonchev–Trinajstić information content (AvgIpc) is 2.92. The van der Waals surface area contributed by atoms with E-state index in [9.17, 15) is 4.79 Å². The molecule has 1 aromatic heterocycles. The Morgan fingerprint density at radius 2 is 1.54 bits per heavy atom. The zero-order valence-corrected chi connectivity index (χ0v) is 23.7. The molecule has 39 heavy (non-hydrogen) atoms. The van der Waals surface area contributed by atoms with E-state index < -0.39 is 0 Å². The van der Waals surface area contributed by atoms with Gasteiger partial charge in [-0.25, -0.2) is 4.98 Å². The second kappa shape index (κ2) is 11.6. The Balaban J connectivity index is 1.94. The number of ether oxygens (including phenoxy) is 4. The Bertz CT molecular complexity index is 1560. The Labute approximate surface area is 228 Å². The molecule has 0 atom stereocenters. The smallest absolute Gasteiger partial charge is 0.282 e. The highest BCUT2D eigenvalue weighted by molar-refractivity contribution is 5.84. The van der Waals surface area contributed by atoms with Crippen molar-refractivity contribution in [2.24, 2.45) is 5.10 Å². The molecule has 0 unspecified atom stereocenters. The number of hydrogen-bond acceptors (Lipinski definition) is 7. The maximum atomic E-state index is 13.7. The summed E-state index contributed by atoms with van der Waals surface area (Å²) in [6.45, 7) is 10.0. The van der Waals surface area contributed by atoms with Gasteiger partial charge in [0.05, 0.1) is 44.6 Å². The van der Waals surface area contributed by atoms with Gasteiger partial charge in [-0.1, -0.05) is 26.0 Å². The lowest BCUT2D eigenvalue weighted by Crippen LogP contribution is -2.21. The van der Waals surface area contributed by atoms with E-state index in [1.807, 2.05) is 51.1 Å². The third kappa shape index (κ3) is 5.60. The van der Waals surface area contributed by atoms with Crippen LogP contribution in [-0.4, -0.2) is 43.3 Å². The Kier molecular flexibility index (Phi) is 8.24. The molecule has 4 rings (SSSR count). The number of rotatable bonds is 9. The largest absolute Gasteiger partial charge is 0.496 e. The molecule has 0 fully saturated rings. The molecular formula is C31H35N3O5. The molecule has 0 spiro atoms. The third-order valence-electron chi connectivity index (χ3n) is 6.35. The fourth-order valence-corrected chi connectivity index (χ4v) is 4.42. The summed E-state index contributed by atoms with van der Waals surface area (Å²) in [5.74, 6) is 2.95. The van der Waals surface area contributed by atoms with Crippen LogP contribution in [0.5, 0.6) is 23.0 Å². The number of fused-ring (bicyclic) bond motifs is 1. The molecule has 0 amide bonds. The second-order valence-electron chi connectivity index (χ2n) is 9.80. The number of para-hydroxylation sites is 1. The molecule has 0 saturated heterocycles. The van der Waals surface area contributed by atoms with Crippen LogP contribution in [0.15, 0.2) is 58.4 Å². The van der Waals surface area contributed by atoms with Gasteiger partial charge in [-0.3, -0.25) is 4.79 Å². The predicted molar refractivity (Wildman–Crippen MR) is 155 cm³/mol. The second-order valence-corrected chi connectivity index (χ2v) is 9.80. The van der Waals surface area contributed by atoms with Gasteiger partial charge >= 0.3 is 0 Å². The molecule has 0 aliphatic heterocycles. The Morgan fingerprint density at radius 3 is 2.13 bits per heavy atom. The SMILES string of the molecule is COc1cc(C)c(-c2nc3ccccc3c(=O)n2N=Cc2cc(OC)c(OC(C)C)c(OC)c2)cc1C(C)C.